The van der Waals surface area contributed by atoms with Crippen molar-refractivity contribution in [3.8, 4) is 0 Å². The smallest absolute Gasteiger partial charge is 0.408 e. The second-order valence-electron chi connectivity index (χ2n) is 4.59. The zero-order chi connectivity index (χ0) is 14.4. The molecular formula is C14H18N2O4. The number of hydrogen-bond acceptors (Lipinski definition) is 4. The SMILES string of the molecule is CN1CCOCC(NC(=O)OCc2ccccc2)C1=O. The van der Waals surface area contributed by atoms with Crippen LogP contribution in [-0.2, 0) is 20.9 Å². The third kappa shape index (κ3) is 3.96. The second-order valence-corrected chi connectivity index (χ2v) is 4.59. The first-order valence-electron chi connectivity index (χ1n) is 6.47. The number of likely N-dealkylation sites (N-methyl/N-ethyl adjacent to an activating group) is 1. The average molecular weight is 278 g/mol. The summed E-state index contributed by atoms with van der Waals surface area (Å²) in [5, 5.41) is 2.53. The van der Waals surface area contributed by atoms with Crippen molar-refractivity contribution in [3.63, 3.8) is 0 Å². The Morgan fingerprint density at radius 3 is 2.95 bits per heavy atom. The summed E-state index contributed by atoms with van der Waals surface area (Å²) >= 11 is 0. The van der Waals surface area contributed by atoms with Crippen LogP contribution in [0.2, 0.25) is 0 Å². The second kappa shape index (κ2) is 6.91. The lowest BCUT2D eigenvalue weighted by molar-refractivity contribution is -0.131. The molecule has 0 radical (unpaired) electrons. The number of amides is 2. The molecule has 2 rings (SSSR count). The van der Waals surface area contributed by atoms with Crippen LogP contribution in [0, 0.1) is 0 Å². The van der Waals surface area contributed by atoms with Gasteiger partial charge >= 0.3 is 6.09 Å². The van der Waals surface area contributed by atoms with Crippen molar-refractivity contribution < 1.29 is 19.1 Å². The Morgan fingerprint density at radius 2 is 2.20 bits per heavy atom. The molecule has 1 unspecified atom stereocenters. The summed E-state index contributed by atoms with van der Waals surface area (Å²) in [6.45, 7) is 1.34. The van der Waals surface area contributed by atoms with Crippen LogP contribution in [0.4, 0.5) is 4.79 Å². The molecule has 1 saturated heterocycles. The third-order valence-electron chi connectivity index (χ3n) is 3.03. The molecule has 1 fully saturated rings. The zero-order valence-electron chi connectivity index (χ0n) is 11.4. The van der Waals surface area contributed by atoms with Crippen molar-refractivity contribution in [3.05, 3.63) is 35.9 Å². The van der Waals surface area contributed by atoms with E-state index < -0.39 is 12.1 Å². The summed E-state index contributed by atoms with van der Waals surface area (Å²) in [5.41, 5.74) is 0.892. The molecule has 1 aromatic rings. The first kappa shape index (κ1) is 14.3. The molecule has 1 N–H and O–H groups in total. The fourth-order valence-corrected chi connectivity index (χ4v) is 1.86. The molecule has 2 amide bonds. The van der Waals surface area contributed by atoms with Crippen LogP contribution < -0.4 is 5.32 Å². The van der Waals surface area contributed by atoms with Gasteiger partial charge in [-0.05, 0) is 5.56 Å². The van der Waals surface area contributed by atoms with Crippen LogP contribution >= 0.6 is 0 Å². The maximum absolute atomic E-state index is 11.9. The Balaban J connectivity index is 1.83. The van der Waals surface area contributed by atoms with Gasteiger partial charge in [0.05, 0.1) is 13.2 Å². The number of ether oxygens (including phenoxy) is 2. The molecule has 108 valence electrons. The van der Waals surface area contributed by atoms with Crippen LogP contribution in [0.25, 0.3) is 0 Å². The van der Waals surface area contributed by atoms with Gasteiger partial charge in [-0.15, -0.1) is 0 Å². The Labute approximate surface area is 117 Å². The first-order valence-corrected chi connectivity index (χ1v) is 6.47. The molecule has 0 saturated carbocycles. The van der Waals surface area contributed by atoms with Crippen LogP contribution in [-0.4, -0.2) is 49.7 Å². The van der Waals surface area contributed by atoms with Crippen LogP contribution in [0.5, 0.6) is 0 Å². The molecule has 1 aliphatic heterocycles. The van der Waals surface area contributed by atoms with Crippen molar-refractivity contribution in [1.29, 1.82) is 0 Å². The highest BCUT2D eigenvalue weighted by molar-refractivity contribution is 5.85. The number of carbonyl (C=O) groups excluding carboxylic acids is 2. The molecule has 1 atom stereocenters. The van der Waals surface area contributed by atoms with E-state index in [1.807, 2.05) is 30.3 Å². The minimum atomic E-state index is -0.689. The Hall–Kier alpha value is -2.08. The van der Waals surface area contributed by atoms with Gasteiger partial charge in [-0.3, -0.25) is 4.79 Å². The van der Waals surface area contributed by atoms with Gasteiger partial charge in [-0.2, -0.15) is 0 Å². The maximum Gasteiger partial charge on any atom is 0.408 e. The molecule has 1 heterocycles. The predicted octanol–water partition coefficient (Wildman–Crippen LogP) is 0.770. The molecule has 6 heteroatoms. The Bertz CT molecular complexity index is 464. The standard InChI is InChI=1S/C14H18N2O4/c1-16-7-8-19-10-12(13(16)17)15-14(18)20-9-11-5-3-2-4-6-11/h2-6,12H,7-10H2,1H3,(H,15,18). The van der Waals surface area contributed by atoms with Gasteiger partial charge in [-0.25, -0.2) is 4.79 Å². The van der Waals surface area contributed by atoms with Crippen molar-refractivity contribution in [2.45, 2.75) is 12.6 Å². The zero-order valence-corrected chi connectivity index (χ0v) is 11.4. The molecule has 0 bridgehead atoms. The molecule has 0 spiro atoms. The first-order chi connectivity index (χ1) is 9.66. The highest BCUT2D eigenvalue weighted by atomic mass is 16.5. The van der Waals surface area contributed by atoms with Gasteiger partial charge in [0.2, 0.25) is 5.91 Å². The molecule has 1 aromatic carbocycles. The lowest BCUT2D eigenvalue weighted by Gasteiger charge is -2.19. The monoisotopic (exact) mass is 278 g/mol. The van der Waals surface area contributed by atoms with Gasteiger partial charge in [0.25, 0.3) is 0 Å². The highest BCUT2D eigenvalue weighted by Gasteiger charge is 2.27. The summed E-state index contributed by atoms with van der Waals surface area (Å²) in [6, 6.07) is 8.66. The molecular weight excluding hydrogens is 260 g/mol. The maximum atomic E-state index is 11.9. The Kier molecular flexibility index (Phi) is 4.95. The van der Waals surface area contributed by atoms with Crippen molar-refractivity contribution >= 4 is 12.0 Å². The largest absolute Gasteiger partial charge is 0.445 e. The van der Waals surface area contributed by atoms with Gasteiger partial charge in [0, 0.05) is 13.6 Å². The summed E-state index contributed by atoms with van der Waals surface area (Å²) < 4.78 is 10.4. The number of benzene rings is 1. The van der Waals surface area contributed by atoms with Crippen molar-refractivity contribution in [2.75, 3.05) is 26.8 Å². The number of rotatable bonds is 3. The normalized spacial score (nSPS) is 19.4. The fraction of sp³-hybridized carbons (Fsp3) is 0.429. The molecule has 0 aliphatic carbocycles. The number of nitrogens with zero attached hydrogens (tertiary/aromatic N) is 1. The van der Waals surface area contributed by atoms with E-state index in [9.17, 15) is 9.59 Å². The van der Waals surface area contributed by atoms with Gasteiger partial charge in [0.1, 0.15) is 12.6 Å². The molecule has 1 aliphatic rings. The lowest BCUT2D eigenvalue weighted by Crippen LogP contribution is -2.48. The molecule has 6 nitrogen and oxygen atoms in total. The van der Waals surface area contributed by atoms with Crippen LogP contribution in [0.3, 0.4) is 0 Å². The third-order valence-corrected chi connectivity index (χ3v) is 3.03. The minimum Gasteiger partial charge on any atom is -0.445 e. The number of hydrogen-bond donors (Lipinski definition) is 1. The van der Waals surface area contributed by atoms with E-state index in [0.717, 1.165) is 5.56 Å². The number of carbonyl (C=O) groups is 2. The average Bonchev–Trinajstić information content (AvgIpc) is 2.62. The van der Waals surface area contributed by atoms with E-state index in [0.29, 0.717) is 13.2 Å². The van der Waals surface area contributed by atoms with Gasteiger partial charge < -0.3 is 19.7 Å². The predicted molar refractivity (Wildman–Crippen MR) is 72.0 cm³/mol. The lowest BCUT2D eigenvalue weighted by atomic mass is 10.2. The summed E-state index contributed by atoms with van der Waals surface area (Å²) in [7, 11) is 1.68. The molecule has 20 heavy (non-hydrogen) atoms. The number of alkyl carbamates (subject to hydrolysis) is 1. The van der Waals surface area contributed by atoms with Gasteiger partial charge in [-0.1, -0.05) is 30.3 Å². The topological polar surface area (TPSA) is 67.9 Å². The fourth-order valence-electron chi connectivity index (χ4n) is 1.86. The summed E-state index contributed by atoms with van der Waals surface area (Å²) in [6.07, 6.45) is -0.619. The molecule has 0 aromatic heterocycles. The van der Waals surface area contributed by atoms with Crippen molar-refractivity contribution in [1.82, 2.24) is 10.2 Å². The van der Waals surface area contributed by atoms with E-state index in [4.69, 9.17) is 9.47 Å². The van der Waals surface area contributed by atoms with E-state index in [-0.39, 0.29) is 19.1 Å². The Morgan fingerprint density at radius 1 is 1.45 bits per heavy atom. The van der Waals surface area contributed by atoms with Crippen LogP contribution in [0.15, 0.2) is 30.3 Å². The van der Waals surface area contributed by atoms with E-state index in [1.165, 1.54) is 4.90 Å². The van der Waals surface area contributed by atoms with E-state index in [1.54, 1.807) is 7.05 Å². The quantitative estimate of drug-likeness (QED) is 0.887. The minimum absolute atomic E-state index is 0.167. The summed E-state index contributed by atoms with van der Waals surface area (Å²) in [5.74, 6) is -0.167. The van der Waals surface area contributed by atoms with Crippen LogP contribution in [0.1, 0.15) is 5.56 Å². The number of nitrogens with one attached hydrogen (secondary N) is 1. The van der Waals surface area contributed by atoms with Gasteiger partial charge in [0.15, 0.2) is 0 Å². The van der Waals surface area contributed by atoms with Crippen molar-refractivity contribution in [2.24, 2.45) is 0 Å². The highest BCUT2D eigenvalue weighted by Crippen LogP contribution is 2.03. The van der Waals surface area contributed by atoms with E-state index >= 15 is 0 Å². The summed E-state index contributed by atoms with van der Waals surface area (Å²) in [4.78, 5) is 25.2. The van der Waals surface area contributed by atoms with E-state index in [2.05, 4.69) is 5.32 Å².